The molecule has 23 heavy (non-hydrogen) atoms. The molecule has 2 unspecified atom stereocenters. The van der Waals surface area contributed by atoms with Gasteiger partial charge in [0.05, 0.1) is 12.1 Å². The molecule has 126 valence electrons. The van der Waals surface area contributed by atoms with Gasteiger partial charge in [-0.15, -0.1) is 0 Å². The van der Waals surface area contributed by atoms with Gasteiger partial charge in [-0.05, 0) is 58.1 Å². The average Bonchev–Trinajstić information content (AvgIpc) is 2.55. The van der Waals surface area contributed by atoms with Crippen molar-refractivity contribution >= 4 is 17.5 Å². The molecule has 2 atom stereocenters. The zero-order chi connectivity index (χ0) is 17.0. The number of nitrogens with two attached hydrogens (primary N) is 1. The highest BCUT2D eigenvalue weighted by Crippen LogP contribution is 2.19. The summed E-state index contributed by atoms with van der Waals surface area (Å²) in [5, 5.41) is 3.35. The van der Waals surface area contributed by atoms with Crippen molar-refractivity contribution in [2.75, 3.05) is 32.5 Å². The van der Waals surface area contributed by atoms with E-state index >= 15 is 0 Å². The molecule has 1 saturated heterocycles. The molecule has 2 rings (SSSR count). The first-order chi connectivity index (χ1) is 10.9. The number of anilines is 1. The van der Waals surface area contributed by atoms with Crippen molar-refractivity contribution < 1.29 is 9.59 Å². The molecular formula is C17H26N4O2. The Morgan fingerprint density at radius 2 is 1.96 bits per heavy atom. The minimum atomic E-state index is -0.320. The summed E-state index contributed by atoms with van der Waals surface area (Å²) in [5.41, 5.74) is 6.98. The van der Waals surface area contributed by atoms with E-state index in [-0.39, 0.29) is 23.9 Å². The highest BCUT2D eigenvalue weighted by atomic mass is 16.2. The topological polar surface area (TPSA) is 78.7 Å². The van der Waals surface area contributed by atoms with E-state index in [2.05, 4.69) is 17.1 Å². The number of likely N-dealkylation sites (tertiary alicyclic amines) is 1. The van der Waals surface area contributed by atoms with Crippen LogP contribution >= 0.6 is 0 Å². The summed E-state index contributed by atoms with van der Waals surface area (Å²) in [4.78, 5) is 27.7. The Morgan fingerprint density at radius 3 is 2.52 bits per heavy atom. The van der Waals surface area contributed by atoms with Crippen LogP contribution in [-0.2, 0) is 4.79 Å². The van der Waals surface area contributed by atoms with Gasteiger partial charge in [0.15, 0.2) is 0 Å². The summed E-state index contributed by atoms with van der Waals surface area (Å²) in [7, 11) is 4.00. The van der Waals surface area contributed by atoms with Crippen LogP contribution in [0.25, 0.3) is 0 Å². The van der Waals surface area contributed by atoms with Gasteiger partial charge in [0.2, 0.25) is 5.91 Å². The number of rotatable bonds is 5. The van der Waals surface area contributed by atoms with Crippen molar-refractivity contribution in [2.24, 2.45) is 11.7 Å². The monoisotopic (exact) mass is 318 g/mol. The molecule has 2 amide bonds. The van der Waals surface area contributed by atoms with Crippen molar-refractivity contribution in [3.05, 3.63) is 29.8 Å². The normalized spacial score (nSPS) is 19.5. The Bertz CT molecular complexity index is 556. The lowest BCUT2D eigenvalue weighted by molar-refractivity contribution is -0.123. The van der Waals surface area contributed by atoms with E-state index in [1.807, 2.05) is 38.4 Å². The number of amides is 2. The predicted octanol–water partition coefficient (Wildman–Crippen LogP) is 1.34. The molecule has 6 heteroatoms. The zero-order valence-electron chi connectivity index (χ0n) is 14.1. The number of nitrogens with one attached hydrogen (secondary N) is 1. The van der Waals surface area contributed by atoms with Crippen LogP contribution in [-0.4, -0.2) is 55.0 Å². The molecule has 1 aromatic rings. The number of benzene rings is 1. The Balaban J connectivity index is 2.01. The molecule has 3 N–H and O–H groups in total. The van der Waals surface area contributed by atoms with E-state index in [0.717, 1.165) is 18.5 Å². The summed E-state index contributed by atoms with van der Waals surface area (Å²) in [6.45, 7) is 3.17. The van der Waals surface area contributed by atoms with Crippen molar-refractivity contribution in [2.45, 2.75) is 25.9 Å². The number of hydrogen-bond donors (Lipinski definition) is 2. The Kier molecular flexibility index (Phi) is 5.60. The van der Waals surface area contributed by atoms with E-state index in [1.165, 1.54) is 0 Å². The Labute approximate surface area is 137 Å². The third-order valence-corrected chi connectivity index (χ3v) is 4.39. The highest BCUT2D eigenvalue weighted by Gasteiger charge is 2.27. The maximum absolute atomic E-state index is 12.6. The van der Waals surface area contributed by atoms with E-state index in [4.69, 9.17) is 5.73 Å². The van der Waals surface area contributed by atoms with E-state index < -0.39 is 0 Å². The lowest BCUT2D eigenvalue weighted by atomic mass is 9.97. The fourth-order valence-electron chi connectivity index (χ4n) is 2.66. The number of nitrogens with zero attached hydrogens (tertiary/aromatic N) is 2. The SMILES string of the molecule is CC(Nc1ccc(C(=O)N2CCCC(C(N)=O)C2)cc1)N(C)C. The minimum Gasteiger partial charge on any atom is -0.370 e. The maximum Gasteiger partial charge on any atom is 0.253 e. The molecule has 0 bridgehead atoms. The molecule has 6 nitrogen and oxygen atoms in total. The molecule has 0 spiro atoms. The number of carbonyl (C=O) groups excluding carboxylic acids is 2. The van der Waals surface area contributed by atoms with E-state index in [9.17, 15) is 9.59 Å². The second kappa shape index (κ2) is 7.46. The van der Waals surface area contributed by atoms with Gasteiger partial charge >= 0.3 is 0 Å². The third kappa shape index (κ3) is 4.45. The number of piperidine rings is 1. The van der Waals surface area contributed by atoms with Crippen LogP contribution in [0, 0.1) is 5.92 Å². The lowest BCUT2D eigenvalue weighted by Crippen LogP contribution is -2.44. The van der Waals surface area contributed by atoms with Gasteiger partial charge in [0.25, 0.3) is 5.91 Å². The van der Waals surface area contributed by atoms with Gasteiger partial charge in [-0.25, -0.2) is 0 Å². The van der Waals surface area contributed by atoms with E-state index in [1.54, 1.807) is 4.90 Å². The standard InChI is InChI=1S/C17H26N4O2/c1-12(20(2)3)19-15-8-6-13(7-9-15)17(23)21-10-4-5-14(11-21)16(18)22/h6-9,12,14,19H,4-5,10-11H2,1-3H3,(H2,18,22). The first-order valence-electron chi connectivity index (χ1n) is 8.00. The molecule has 1 fully saturated rings. The Morgan fingerprint density at radius 1 is 1.30 bits per heavy atom. The summed E-state index contributed by atoms with van der Waals surface area (Å²) in [6, 6.07) is 7.45. The number of hydrogen-bond acceptors (Lipinski definition) is 4. The van der Waals surface area contributed by atoms with Crippen molar-refractivity contribution in [3.8, 4) is 0 Å². The molecule has 1 aliphatic heterocycles. The van der Waals surface area contributed by atoms with Gasteiger partial charge in [-0.3, -0.25) is 14.5 Å². The van der Waals surface area contributed by atoms with Crippen LogP contribution in [0.15, 0.2) is 24.3 Å². The number of carbonyl (C=O) groups is 2. The molecule has 0 radical (unpaired) electrons. The smallest absolute Gasteiger partial charge is 0.253 e. The van der Waals surface area contributed by atoms with Crippen molar-refractivity contribution in [3.63, 3.8) is 0 Å². The fraction of sp³-hybridized carbons (Fsp3) is 0.529. The van der Waals surface area contributed by atoms with Crippen LogP contribution in [0.1, 0.15) is 30.1 Å². The Hall–Kier alpha value is -2.08. The minimum absolute atomic E-state index is 0.0387. The van der Waals surface area contributed by atoms with Crippen LogP contribution < -0.4 is 11.1 Å². The molecule has 1 heterocycles. The predicted molar refractivity (Wildman–Crippen MR) is 91.0 cm³/mol. The molecule has 1 aliphatic rings. The summed E-state index contributed by atoms with van der Waals surface area (Å²) < 4.78 is 0. The maximum atomic E-state index is 12.6. The van der Waals surface area contributed by atoms with Crippen LogP contribution in [0.2, 0.25) is 0 Å². The summed E-state index contributed by atoms with van der Waals surface area (Å²) in [6.07, 6.45) is 1.79. The second-order valence-corrected chi connectivity index (χ2v) is 6.35. The lowest BCUT2D eigenvalue weighted by Gasteiger charge is -2.31. The molecule has 0 saturated carbocycles. The van der Waals surface area contributed by atoms with Gasteiger partial charge < -0.3 is 16.0 Å². The van der Waals surface area contributed by atoms with Gasteiger partial charge in [-0.1, -0.05) is 0 Å². The summed E-state index contributed by atoms with van der Waals surface area (Å²) in [5.74, 6) is -0.586. The third-order valence-electron chi connectivity index (χ3n) is 4.39. The molecule has 0 aromatic heterocycles. The number of primary amides is 1. The molecular weight excluding hydrogens is 292 g/mol. The highest BCUT2D eigenvalue weighted by molar-refractivity contribution is 5.95. The first kappa shape index (κ1) is 17.3. The van der Waals surface area contributed by atoms with Crippen LogP contribution in [0.3, 0.4) is 0 Å². The average molecular weight is 318 g/mol. The van der Waals surface area contributed by atoms with Crippen LogP contribution in [0.5, 0.6) is 0 Å². The van der Waals surface area contributed by atoms with Gasteiger partial charge in [0, 0.05) is 24.3 Å². The zero-order valence-corrected chi connectivity index (χ0v) is 14.1. The van der Waals surface area contributed by atoms with E-state index in [0.29, 0.717) is 18.7 Å². The first-order valence-corrected chi connectivity index (χ1v) is 8.00. The second-order valence-electron chi connectivity index (χ2n) is 6.35. The van der Waals surface area contributed by atoms with Crippen molar-refractivity contribution in [1.29, 1.82) is 0 Å². The molecule has 1 aromatic carbocycles. The van der Waals surface area contributed by atoms with Gasteiger partial charge in [-0.2, -0.15) is 0 Å². The quantitative estimate of drug-likeness (QED) is 0.803. The largest absolute Gasteiger partial charge is 0.370 e. The fourth-order valence-corrected chi connectivity index (χ4v) is 2.66. The van der Waals surface area contributed by atoms with Crippen molar-refractivity contribution in [1.82, 2.24) is 9.80 Å². The van der Waals surface area contributed by atoms with Crippen LogP contribution in [0.4, 0.5) is 5.69 Å². The molecule has 0 aliphatic carbocycles. The van der Waals surface area contributed by atoms with Gasteiger partial charge in [0.1, 0.15) is 0 Å². The summed E-state index contributed by atoms with van der Waals surface area (Å²) >= 11 is 0.